The minimum Gasteiger partial charge on any atom is -0.423 e. The second-order valence-electron chi connectivity index (χ2n) is 16.0. The molecule has 1 atom stereocenters. The molecule has 0 saturated heterocycles. The van der Waals surface area contributed by atoms with Crippen molar-refractivity contribution in [1.29, 1.82) is 0 Å². The van der Waals surface area contributed by atoms with Crippen LogP contribution in [0.3, 0.4) is 0 Å². The summed E-state index contributed by atoms with van der Waals surface area (Å²) in [6.45, 7) is 7.46. The Kier molecular flexibility index (Phi) is 25.5. The van der Waals surface area contributed by atoms with E-state index < -0.39 is 0 Å². The molecule has 1 unspecified atom stereocenters. The lowest BCUT2D eigenvalue weighted by molar-refractivity contribution is 0.0627. The third-order valence-corrected chi connectivity index (χ3v) is 11.2. The fraction of sp³-hybridized carbons (Fsp3) is 0.627. The fourth-order valence-electron chi connectivity index (χ4n) is 7.46. The van der Waals surface area contributed by atoms with Crippen molar-refractivity contribution in [3.05, 3.63) is 89.5 Å². The molecule has 3 aromatic rings. The summed E-state index contributed by atoms with van der Waals surface area (Å²) >= 11 is 0. The number of carbonyl (C=O) groups excluding carboxylic acids is 1. The number of ether oxygens (including phenoxy) is 2. The van der Waals surface area contributed by atoms with Gasteiger partial charge in [0.25, 0.3) is 0 Å². The van der Waals surface area contributed by atoms with Gasteiger partial charge in [-0.15, -0.1) is 0 Å². The van der Waals surface area contributed by atoms with E-state index >= 15 is 0 Å². The van der Waals surface area contributed by atoms with Gasteiger partial charge >= 0.3 is 5.97 Å². The second kappa shape index (κ2) is 30.3. The normalized spacial score (nSPS) is 11.9. The van der Waals surface area contributed by atoms with Crippen LogP contribution in [0.1, 0.15) is 215 Å². The Balaban J connectivity index is 1.22. The van der Waals surface area contributed by atoms with Crippen molar-refractivity contribution in [3.63, 3.8) is 0 Å². The summed E-state index contributed by atoms with van der Waals surface area (Å²) in [5.41, 5.74) is 5.33. The second-order valence-corrected chi connectivity index (χ2v) is 16.0. The van der Waals surface area contributed by atoms with Crippen LogP contribution in [-0.2, 0) is 11.2 Å². The van der Waals surface area contributed by atoms with E-state index in [-0.39, 0.29) is 12.1 Å². The van der Waals surface area contributed by atoms with Crippen LogP contribution in [-0.4, -0.2) is 12.6 Å². The van der Waals surface area contributed by atoms with E-state index in [1.807, 2.05) is 48.5 Å². The number of hydrogen-bond acceptors (Lipinski definition) is 3. The summed E-state index contributed by atoms with van der Waals surface area (Å²) < 4.78 is 11.8. The molecule has 0 bridgehead atoms. The number of rotatable bonds is 33. The van der Waals surface area contributed by atoms with Gasteiger partial charge in [0, 0.05) is 6.61 Å². The van der Waals surface area contributed by atoms with Gasteiger partial charge < -0.3 is 9.47 Å². The third-order valence-electron chi connectivity index (χ3n) is 11.2. The highest BCUT2D eigenvalue weighted by molar-refractivity contribution is 5.91. The molecule has 300 valence electrons. The van der Waals surface area contributed by atoms with Gasteiger partial charge in [-0.1, -0.05) is 216 Å². The van der Waals surface area contributed by atoms with Crippen molar-refractivity contribution in [3.8, 4) is 16.9 Å². The molecule has 0 aliphatic heterocycles. The first kappa shape index (κ1) is 45.5. The Bertz CT molecular complexity index is 1310. The molecule has 0 fully saturated rings. The van der Waals surface area contributed by atoms with Crippen molar-refractivity contribution in [2.75, 3.05) is 6.61 Å². The van der Waals surface area contributed by atoms with Crippen molar-refractivity contribution in [2.24, 2.45) is 0 Å². The molecule has 0 N–H and O–H groups in total. The van der Waals surface area contributed by atoms with Crippen molar-refractivity contribution < 1.29 is 14.3 Å². The predicted octanol–water partition coefficient (Wildman–Crippen LogP) is 16.4. The van der Waals surface area contributed by atoms with Crippen molar-refractivity contribution >= 4 is 5.97 Å². The molecule has 3 heteroatoms. The Morgan fingerprint density at radius 2 is 0.852 bits per heavy atom. The highest BCUT2D eigenvalue weighted by atomic mass is 16.5. The van der Waals surface area contributed by atoms with Gasteiger partial charge in [-0.05, 0) is 72.7 Å². The molecular weight excluding hydrogens is 661 g/mol. The van der Waals surface area contributed by atoms with Crippen LogP contribution >= 0.6 is 0 Å². The third kappa shape index (κ3) is 20.7. The molecule has 0 aliphatic carbocycles. The lowest BCUT2D eigenvalue weighted by atomic mass is 10.00. The van der Waals surface area contributed by atoms with Crippen LogP contribution in [0.5, 0.6) is 5.75 Å². The maximum Gasteiger partial charge on any atom is 0.343 e. The van der Waals surface area contributed by atoms with Crippen LogP contribution in [0.2, 0.25) is 0 Å². The summed E-state index contributed by atoms with van der Waals surface area (Å²) in [6.07, 6.45) is 36.9. The van der Waals surface area contributed by atoms with E-state index in [9.17, 15) is 4.79 Å². The summed E-state index contributed by atoms with van der Waals surface area (Å²) in [5, 5.41) is 0. The van der Waals surface area contributed by atoms with Gasteiger partial charge in [-0.25, -0.2) is 4.79 Å². The number of aryl methyl sites for hydroxylation is 1. The first-order valence-corrected chi connectivity index (χ1v) is 22.7. The van der Waals surface area contributed by atoms with E-state index in [4.69, 9.17) is 9.47 Å². The zero-order valence-electron chi connectivity index (χ0n) is 35.0. The summed E-state index contributed by atoms with van der Waals surface area (Å²) in [5.74, 6) is 0.213. The molecule has 0 heterocycles. The lowest BCUT2D eigenvalue weighted by Crippen LogP contribution is -2.08. The topological polar surface area (TPSA) is 35.5 Å². The maximum absolute atomic E-state index is 12.9. The zero-order valence-corrected chi connectivity index (χ0v) is 35.0. The maximum atomic E-state index is 12.9. The standard InChI is InChI=1S/C51H78O3/c1-4-6-8-10-12-14-16-17-18-19-20-21-23-25-27-29-43-53-44(3)46-39-41-50(42-40-46)54-51(52)49-37-35-48(36-38-49)47-33-31-45(32-34-47)30-28-26-24-22-15-13-11-9-7-5-2/h31-42,44H,4-30,43H2,1-3H3. The van der Waals surface area contributed by atoms with Crippen LogP contribution in [0.4, 0.5) is 0 Å². The first-order chi connectivity index (χ1) is 26.6. The molecule has 54 heavy (non-hydrogen) atoms. The molecule has 3 aromatic carbocycles. The number of hydrogen-bond donors (Lipinski definition) is 0. The van der Waals surface area contributed by atoms with Gasteiger partial charge in [0.1, 0.15) is 5.75 Å². The Morgan fingerprint density at radius 1 is 0.463 bits per heavy atom. The molecule has 0 aliphatic rings. The molecule has 0 amide bonds. The fourth-order valence-corrected chi connectivity index (χ4v) is 7.46. The van der Waals surface area contributed by atoms with Crippen LogP contribution in [0.25, 0.3) is 11.1 Å². The summed E-state index contributed by atoms with van der Waals surface area (Å²) in [4.78, 5) is 12.9. The monoisotopic (exact) mass is 739 g/mol. The van der Waals surface area contributed by atoms with Crippen molar-refractivity contribution in [2.45, 2.75) is 200 Å². The first-order valence-electron chi connectivity index (χ1n) is 22.7. The van der Waals surface area contributed by atoms with Gasteiger partial charge in [0.05, 0.1) is 11.7 Å². The highest BCUT2D eigenvalue weighted by Crippen LogP contribution is 2.24. The van der Waals surface area contributed by atoms with Crippen LogP contribution < -0.4 is 4.74 Å². The predicted molar refractivity (Wildman–Crippen MR) is 233 cm³/mol. The minimum absolute atomic E-state index is 0.0208. The zero-order chi connectivity index (χ0) is 38.3. The SMILES string of the molecule is CCCCCCCCCCCCCCCCCCOC(C)c1ccc(OC(=O)c2ccc(-c3ccc(CCCCCCCCCCCC)cc3)cc2)cc1. The number of carbonyl (C=O) groups is 1. The lowest BCUT2D eigenvalue weighted by Gasteiger charge is -2.14. The molecule has 3 nitrogen and oxygen atoms in total. The van der Waals surface area contributed by atoms with E-state index in [0.717, 1.165) is 30.6 Å². The molecule has 0 aromatic heterocycles. The largest absolute Gasteiger partial charge is 0.423 e. The van der Waals surface area contributed by atoms with E-state index in [2.05, 4.69) is 45.0 Å². The Hall–Kier alpha value is -2.91. The average Bonchev–Trinajstić information content (AvgIpc) is 3.20. The Labute approximate surface area is 332 Å². The summed E-state index contributed by atoms with van der Waals surface area (Å²) in [7, 11) is 0. The Morgan fingerprint density at radius 3 is 1.30 bits per heavy atom. The smallest absolute Gasteiger partial charge is 0.343 e. The quantitative estimate of drug-likeness (QED) is 0.0355. The molecular formula is C51H78O3. The highest BCUT2D eigenvalue weighted by Gasteiger charge is 2.11. The minimum atomic E-state index is -0.339. The van der Waals surface area contributed by atoms with E-state index in [1.54, 1.807) is 0 Å². The van der Waals surface area contributed by atoms with E-state index in [1.165, 1.54) is 172 Å². The van der Waals surface area contributed by atoms with Gasteiger partial charge in [-0.3, -0.25) is 0 Å². The number of benzene rings is 3. The molecule has 0 radical (unpaired) electrons. The average molecular weight is 739 g/mol. The van der Waals surface area contributed by atoms with Gasteiger partial charge in [0.2, 0.25) is 0 Å². The van der Waals surface area contributed by atoms with Crippen LogP contribution in [0, 0.1) is 0 Å². The van der Waals surface area contributed by atoms with Crippen molar-refractivity contribution in [1.82, 2.24) is 0 Å². The van der Waals surface area contributed by atoms with Crippen LogP contribution in [0.15, 0.2) is 72.8 Å². The van der Waals surface area contributed by atoms with Gasteiger partial charge in [0.15, 0.2) is 0 Å². The summed E-state index contributed by atoms with van der Waals surface area (Å²) in [6, 6.07) is 24.4. The van der Waals surface area contributed by atoms with Gasteiger partial charge in [-0.2, -0.15) is 0 Å². The number of unbranched alkanes of at least 4 members (excludes halogenated alkanes) is 24. The molecule has 0 saturated carbocycles. The molecule has 0 spiro atoms. The van der Waals surface area contributed by atoms with E-state index in [0.29, 0.717) is 11.3 Å². The number of esters is 1. The molecule has 3 rings (SSSR count).